The molecule has 0 aromatic heterocycles. The summed E-state index contributed by atoms with van der Waals surface area (Å²) in [5.74, 6) is -1.95. The molecule has 0 spiro atoms. The largest absolute Gasteiger partial charge is 0.359 e. The van der Waals surface area contributed by atoms with Crippen molar-refractivity contribution in [1.29, 1.82) is 0 Å². The number of benzene rings is 2. The molecule has 0 bridgehead atoms. The zero-order chi connectivity index (χ0) is 14.8. The van der Waals surface area contributed by atoms with Crippen LogP contribution in [0, 0.1) is 11.6 Å². The summed E-state index contributed by atoms with van der Waals surface area (Å²) in [6.07, 6.45) is 1.56. The molecule has 3 rings (SSSR count). The minimum Gasteiger partial charge on any atom is -0.359 e. The number of thioether (sulfide) groups is 1. The Morgan fingerprint density at radius 1 is 1.14 bits per heavy atom. The van der Waals surface area contributed by atoms with E-state index in [1.807, 2.05) is 24.3 Å². The lowest BCUT2D eigenvalue weighted by molar-refractivity contribution is -0.112. The first-order valence-electron chi connectivity index (χ1n) is 6.13. The van der Waals surface area contributed by atoms with Crippen LogP contribution in [0.25, 0.3) is 0 Å². The number of nitrogens with one attached hydrogen (secondary N) is 2. The number of anilines is 2. The Hall–Kier alpha value is -2.34. The Kier molecular flexibility index (Phi) is 3.62. The second kappa shape index (κ2) is 5.57. The van der Waals surface area contributed by atoms with Gasteiger partial charge in [0.25, 0.3) is 5.91 Å². The van der Waals surface area contributed by atoms with Gasteiger partial charge in [0.05, 0.1) is 16.3 Å². The molecule has 1 aliphatic rings. The van der Waals surface area contributed by atoms with E-state index in [1.54, 1.807) is 6.20 Å². The Morgan fingerprint density at radius 2 is 1.95 bits per heavy atom. The summed E-state index contributed by atoms with van der Waals surface area (Å²) in [7, 11) is 0. The highest BCUT2D eigenvalue weighted by Gasteiger charge is 2.18. The highest BCUT2D eigenvalue weighted by molar-refractivity contribution is 8.04. The van der Waals surface area contributed by atoms with E-state index in [2.05, 4.69) is 10.6 Å². The predicted molar refractivity (Wildman–Crippen MR) is 79.0 cm³/mol. The Labute approximate surface area is 124 Å². The van der Waals surface area contributed by atoms with Crippen LogP contribution in [0.2, 0.25) is 0 Å². The Bertz CT molecular complexity index is 746. The van der Waals surface area contributed by atoms with Gasteiger partial charge < -0.3 is 10.6 Å². The van der Waals surface area contributed by atoms with E-state index in [-0.39, 0.29) is 5.69 Å². The van der Waals surface area contributed by atoms with Gasteiger partial charge in [-0.3, -0.25) is 4.79 Å². The standard InChI is InChI=1S/C15H10F2N2OS/c16-9-5-6-11(10(17)7-9)19-15(20)14-8-18-12-3-1-2-4-13(12)21-14/h1-8,18H,(H,19,20). The lowest BCUT2D eigenvalue weighted by Gasteiger charge is -2.17. The average Bonchev–Trinajstić information content (AvgIpc) is 2.49. The summed E-state index contributed by atoms with van der Waals surface area (Å²) in [5.41, 5.74) is 0.855. The quantitative estimate of drug-likeness (QED) is 0.882. The van der Waals surface area contributed by atoms with E-state index in [0.717, 1.165) is 22.7 Å². The van der Waals surface area contributed by atoms with Crippen LogP contribution in [0.3, 0.4) is 0 Å². The van der Waals surface area contributed by atoms with Crippen molar-refractivity contribution in [2.24, 2.45) is 0 Å². The maximum atomic E-state index is 13.5. The number of halogens is 2. The number of carbonyl (C=O) groups is 1. The number of fused-ring (bicyclic) bond motifs is 1. The van der Waals surface area contributed by atoms with Crippen molar-refractivity contribution < 1.29 is 13.6 Å². The molecule has 2 aromatic carbocycles. The molecule has 106 valence electrons. The van der Waals surface area contributed by atoms with Crippen LogP contribution < -0.4 is 10.6 Å². The maximum Gasteiger partial charge on any atom is 0.264 e. The number of para-hydroxylation sites is 1. The highest BCUT2D eigenvalue weighted by atomic mass is 32.2. The molecule has 0 saturated carbocycles. The summed E-state index contributed by atoms with van der Waals surface area (Å²) in [6, 6.07) is 10.5. The van der Waals surface area contributed by atoms with Crippen molar-refractivity contribution in [2.45, 2.75) is 4.90 Å². The summed E-state index contributed by atoms with van der Waals surface area (Å²) in [4.78, 5) is 13.4. The summed E-state index contributed by atoms with van der Waals surface area (Å²) in [6.45, 7) is 0. The summed E-state index contributed by atoms with van der Waals surface area (Å²) < 4.78 is 26.3. The normalized spacial score (nSPS) is 13.0. The fourth-order valence-electron chi connectivity index (χ4n) is 1.85. The SMILES string of the molecule is O=C(Nc1ccc(F)cc1F)C1=CNc2ccccc2S1. The van der Waals surface area contributed by atoms with Crippen molar-refractivity contribution >= 4 is 29.0 Å². The predicted octanol–water partition coefficient (Wildman–Crippen LogP) is 3.96. The van der Waals surface area contributed by atoms with Crippen LogP contribution in [0.5, 0.6) is 0 Å². The molecule has 6 heteroatoms. The smallest absolute Gasteiger partial charge is 0.264 e. The van der Waals surface area contributed by atoms with Gasteiger partial charge >= 0.3 is 0 Å². The molecular formula is C15H10F2N2OS. The third kappa shape index (κ3) is 2.90. The molecule has 3 nitrogen and oxygen atoms in total. The minimum atomic E-state index is -0.807. The third-order valence-corrected chi connectivity index (χ3v) is 3.97. The fourth-order valence-corrected chi connectivity index (χ4v) is 2.73. The molecule has 0 radical (unpaired) electrons. The number of carbonyl (C=O) groups excluding carboxylic acids is 1. The minimum absolute atomic E-state index is 0.0539. The van der Waals surface area contributed by atoms with Crippen LogP contribution in [-0.2, 0) is 4.79 Å². The summed E-state index contributed by atoms with van der Waals surface area (Å²) >= 11 is 1.28. The average molecular weight is 304 g/mol. The zero-order valence-electron chi connectivity index (χ0n) is 10.7. The van der Waals surface area contributed by atoms with Crippen molar-refractivity contribution in [3.05, 3.63) is 65.2 Å². The van der Waals surface area contributed by atoms with E-state index in [0.29, 0.717) is 4.91 Å². The molecule has 21 heavy (non-hydrogen) atoms. The lowest BCUT2D eigenvalue weighted by atomic mass is 10.3. The van der Waals surface area contributed by atoms with Gasteiger partial charge in [0.15, 0.2) is 0 Å². The van der Waals surface area contributed by atoms with E-state index < -0.39 is 17.5 Å². The monoisotopic (exact) mass is 304 g/mol. The molecule has 1 aliphatic heterocycles. The van der Waals surface area contributed by atoms with E-state index in [1.165, 1.54) is 17.8 Å². The van der Waals surface area contributed by atoms with Crippen molar-refractivity contribution in [2.75, 3.05) is 10.6 Å². The molecule has 1 heterocycles. The second-order valence-electron chi connectivity index (χ2n) is 4.33. The van der Waals surface area contributed by atoms with Gasteiger partial charge in [0.2, 0.25) is 0 Å². The molecule has 0 unspecified atom stereocenters. The number of hydrogen-bond donors (Lipinski definition) is 2. The highest BCUT2D eigenvalue weighted by Crippen LogP contribution is 2.36. The van der Waals surface area contributed by atoms with Gasteiger partial charge in [0.1, 0.15) is 11.6 Å². The molecule has 0 fully saturated rings. The van der Waals surface area contributed by atoms with Crippen LogP contribution in [-0.4, -0.2) is 5.91 Å². The number of amides is 1. The molecule has 0 aliphatic carbocycles. The summed E-state index contributed by atoms with van der Waals surface area (Å²) in [5, 5.41) is 5.43. The number of hydrogen-bond acceptors (Lipinski definition) is 3. The van der Waals surface area contributed by atoms with Crippen LogP contribution in [0.1, 0.15) is 0 Å². The van der Waals surface area contributed by atoms with Crippen molar-refractivity contribution in [3.8, 4) is 0 Å². The zero-order valence-corrected chi connectivity index (χ0v) is 11.5. The van der Waals surface area contributed by atoms with Crippen LogP contribution >= 0.6 is 11.8 Å². The lowest BCUT2D eigenvalue weighted by Crippen LogP contribution is -2.16. The van der Waals surface area contributed by atoms with Gasteiger partial charge in [-0.2, -0.15) is 0 Å². The number of rotatable bonds is 2. The molecule has 0 atom stereocenters. The first-order valence-corrected chi connectivity index (χ1v) is 6.95. The topological polar surface area (TPSA) is 41.1 Å². The molecule has 0 saturated heterocycles. The van der Waals surface area contributed by atoms with Gasteiger partial charge in [-0.15, -0.1) is 0 Å². The molecule has 2 aromatic rings. The van der Waals surface area contributed by atoms with E-state index in [4.69, 9.17) is 0 Å². The van der Waals surface area contributed by atoms with Gasteiger partial charge in [-0.25, -0.2) is 8.78 Å². The fraction of sp³-hybridized carbons (Fsp3) is 0. The van der Waals surface area contributed by atoms with Crippen molar-refractivity contribution in [3.63, 3.8) is 0 Å². The molecule has 2 N–H and O–H groups in total. The first kappa shape index (κ1) is 13.6. The maximum absolute atomic E-state index is 13.5. The molecular weight excluding hydrogens is 294 g/mol. The first-order chi connectivity index (χ1) is 10.1. The van der Waals surface area contributed by atoms with Gasteiger partial charge in [0, 0.05) is 17.2 Å². The van der Waals surface area contributed by atoms with Crippen molar-refractivity contribution in [1.82, 2.24) is 0 Å². The second-order valence-corrected chi connectivity index (χ2v) is 5.41. The van der Waals surface area contributed by atoms with Crippen LogP contribution in [0.4, 0.5) is 20.2 Å². The van der Waals surface area contributed by atoms with E-state index >= 15 is 0 Å². The van der Waals surface area contributed by atoms with Crippen LogP contribution in [0.15, 0.2) is 58.5 Å². The van der Waals surface area contributed by atoms with Gasteiger partial charge in [-0.05, 0) is 24.3 Å². The molecule has 1 amide bonds. The van der Waals surface area contributed by atoms with Gasteiger partial charge in [-0.1, -0.05) is 23.9 Å². The Morgan fingerprint density at radius 3 is 2.76 bits per heavy atom. The van der Waals surface area contributed by atoms with E-state index in [9.17, 15) is 13.6 Å². The third-order valence-electron chi connectivity index (χ3n) is 2.87. The Balaban J connectivity index is 1.76.